The van der Waals surface area contributed by atoms with E-state index < -0.39 is 10.1 Å². The average Bonchev–Trinajstić information content (AvgIpc) is 2.34. The summed E-state index contributed by atoms with van der Waals surface area (Å²) in [5.74, 6) is -0.313. The highest BCUT2D eigenvalue weighted by atomic mass is 32.2. The molecular weight excluding hydrogens is 290 g/mol. The van der Waals surface area contributed by atoms with Crippen LogP contribution in [0.4, 0.5) is 5.69 Å². The molecule has 1 aromatic carbocycles. The van der Waals surface area contributed by atoms with Crippen LogP contribution in [0.15, 0.2) is 16.1 Å². The van der Waals surface area contributed by atoms with Crippen molar-refractivity contribution < 1.29 is 13.0 Å². The van der Waals surface area contributed by atoms with Gasteiger partial charge in [0.1, 0.15) is 10.6 Å². The Morgan fingerprint density at radius 1 is 0.952 bits per heavy atom. The van der Waals surface area contributed by atoms with E-state index in [-0.39, 0.29) is 28.3 Å². The van der Waals surface area contributed by atoms with Gasteiger partial charge in [0, 0.05) is 5.56 Å². The van der Waals surface area contributed by atoms with Crippen molar-refractivity contribution in [3.05, 3.63) is 27.7 Å². The van der Waals surface area contributed by atoms with Crippen molar-refractivity contribution in [2.75, 3.05) is 0 Å². The predicted molar refractivity (Wildman–Crippen MR) is 84.0 cm³/mol. The van der Waals surface area contributed by atoms with Gasteiger partial charge in [0.2, 0.25) is 0 Å². The zero-order chi connectivity index (χ0) is 16.5. The minimum Gasteiger partial charge on any atom is -0.282 e. The standard InChI is InChI=1S/C15H23NO4S/c1-8(2)11-7-12(9(3)4)15(21(18,19)20)13(10(5)6)14(11)16-17/h7-10H,1-6H3,(H,18,19,20). The topological polar surface area (TPSA) is 83.8 Å². The van der Waals surface area contributed by atoms with Gasteiger partial charge in [-0.2, -0.15) is 8.42 Å². The van der Waals surface area contributed by atoms with E-state index in [4.69, 9.17) is 0 Å². The molecule has 0 heterocycles. The van der Waals surface area contributed by atoms with Crippen molar-refractivity contribution in [3.8, 4) is 0 Å². The summed E-state index contributed by atoms with van der Waals surface area (Å²) in [5.41, 5.74) is 1.68. The molecule has 0 aliphatic heterocycles. The molecule has 0 bridgehead atoms. The number of hydrogen-bond acceptors (Lipinski definition) is 4. The Kier molecular flexibility index (Phi) is 5.28. The molecule has 0 atom stereocenters. The lowest BCUT2D eigenvalue weighted by molar-refractivity contribution is 0.479. The van der Waals surface area contributed by atoms with Gasteiger partial charge in [-0.25, -0.2) is 0 Å². The monoisotopic (exact) mass is 313 g/mol. The predicted octanol–water partition coefficient (Wildman–Crippen LogP) is 4.70. The summed E-state index contributed by atoms with van der Waals surface area (Å²) in [6, 6.07) is 1.68. The van der Waals surface area contributed by atoms with E-state index in [1.807, 2.05) is 27.7 Å². The first-order chi connectivity index (χ1) is 9.52. The number of nitrogens with zero attached hydrogens (tertiary/aromatic N) is 1. The van der Waals surface area contributed by atoms with Gasteiger partial charge >= 0.3 is 0 Å². The Morgan fingerprint density at radius 3 is 1.71 bits per heavy atom. The molecule has 6 heteroatoms. The Labute approximate surface area is 126 Å². The molecule has 0 unspecified atom stereocenters. The second-order valence-corrected chi connectivity index (χ2v) is 7.54. The molecule has 118 valence electrons. The van der Waals surface area contributed by atoms with Crippen LogP contribution >= 0.6 is 0 Å². The Morgan fingerprint density at radius 2 is 1.43 bits per heavy atom. The van der Waals surface area contributed by atoms with E-state index in [2.05, 4.69) is 5.18 Å². The smallest absolute Gasteiger partial charge is 0.282 e. The summed E-state index contributed by atoms with van der Waals surface area (Å²) in [5, 5.41) is 3.06. The van der Waals surface area contributed by atoms with Gasteiger partial charge in [-0.05, 0) is 34.1 Å². The number of benzene rings is 1. The SMILES string of the molecule is CC(C)c1cc(C(C)C)c(S(=O)(=O)O)c(C(C)C)c1N=O. The minimum atomic E-state index is -4.43. The minimum absolute atomic E-state index is 0.0307. The highest BCUT2D eigenvalue weighted by molar-refractivity contribution is 7.86. The molecule has 0 amide bonds. The third-order valence-electron chi connectivity index (χ3n) is 3.52. The van der Waals surface area contributed by atoms with Crippen molar-refractivity contribution in [3.63, 3.8) is 0 Å². The van der Waals surface area contributed by atoms with Crippen LogP contribution in [0, 0.1) is 4.91 Å². The maximum absolute atomic E-state index is 11.8. The molecule has 0 aromatic heterocycles. The van der Waals surface area contributed by atoms with E-state index in [1.165, 1.54) is 0 Å². The number of nitroso groups, excluding NO2 is 1. The Balaban J connectivity index is 4.05. The highest BCUT2D eigenvalue weighted by Gasteiger charge is 2.29. The average molecular weight is 313 g/mol. The fourth-order valence-electron chi connectivity index (χ4n) is 2.51. The maximum atomic E-state index is 11.8. The Bertz CT molecular complexity index is 646. The quantitative estimate of drug-likeness (QED) is 0.630. The molecule has 0 spiro atoms. The van der Waals surface area contributed by atoms with Crippen molar-refractivity contribution in [1.29, 1.82) is 0 Å². The lowest BCUT2D eigenvalue weighted by atomic mass is 9.87. The zero-order valence-electron chi connectivity index (χ0n) is 13.3. The molecule has 0 radical (unpaired) electrons. The summed E-state index contributed by atoms with van der Waals surface area (Å²) >= 11 is 0. The van der Waals surface area contributed by atoms with Crippen LogP contribution in [0.3, 0.4) is 0 Å². The van der Waals surface area contributed by atoms with Gasteiger partial charge in [-0.15, -0.1) is 4.91 Å². The van der Waals surface area contributed by atoms with Gasteiger partial charge in [0.05, 0.1) is 0 Å². The molecular formula is C15H23NO4S. The van der Waals surface area contributed by atoms with E-state index >= 15 is 0 Å². The third kappa shape index (κ3) is 3.49. The first-order valence-electron chi connectivity index (χ1n) is 7.03. The number of hydrogen-bond donors (Lipinski definition) is 1. The van der Waals surface area contributed by atoms with Crippen LogP contribution < -0.4 is 0 Å². The van der Waals surface area contributed by atoms with Gasteiger partial charge in [-0.3, -0.25) is 4.55 Å². The normalized spacial score (nSPS) is 12.5. The first-order valence-corrected chi connectivity index (χ1v) is 8.47. The van der Waals surface area contributed by atoms with Crippen LogP contribution in [0.5, 0.6) is 0 Å². The third-order valence-corrected chi connectivity index (χ3v) is 4.49. The largest absolute Gasteiger partial charge is 0.295 e. The van der Waals surface area contributed by atoms with Crippen LogP contribution in [0.1, 0.15) is 76.0 Å². The highest BCUT2D eigenvalue weighted by Crippen LogP contribution is 2.42. The second-order valence-electron chi connectivity index (χ2n) is 6.18. The van der Waals surface area contributed by atoms with Crippen LogP contribution in [-0.4, -0.2) is 13.0 Å². The van der Waals surface area contributed by atoms with Crippen LogP contribution in [-0.2, 0) is 10.1 Å². The van der Waals surface area contributed by atoms with Crippen molar-refractivity contribution in [2.45, 2.75) is 64.2 Å². The molecule has 0 aliphatic carbocycles. The molecule has 1 aromatic rings. The van der Waals surface area contributed by atoms with E-state index in [0.717, 1.165) is 0 Å². The molecule has 21 heavy (non-hydrogen) atoms. The molecule has 1 N–H and O–H groups in total. The van der Waals surface area contributed by atoms with Gasteiger partial charge in [0.25, 0.3) is 10.1 Å². The lowest BCUT2D eigenvalue weighted by Crippen LogP contribution is -2.12. The molecule has 0 fully saturated rings. The summed E-state index contributed by atoms with van der Waals surface area (Å²) in [6.45, 7) is 11.1. The fourth-order valence-corrected chi connectivity index (χ4v) is 3.72. The van der Waals surface area contributed by atoms with E-state index in [9.17, 15) is 17.9 Å². The van der Waals surface area contributed by atoms with Gasteiger partial charge in [-0.1, -0.05) is 47.6 Å². The molecule has 0 saturated carbocycles. The van der Waals surface area contributed by atoms with Crippen molar-refractivity contribution >= 4 is 15.8 Å². The summed E-state index contributed by atoms with van der Waals surface area (Å²) in [6.07, 6.45) is 0. The lowest BCUT2D eigenvalue weighted by Gasteiger charge is -2.22. The Hall–Kier alpha value is -1.27. The first kappa shape index (κ1) is 17.8. The molecule has 0 aliphatic rings. The molecule has 0 saturated heterocycles. The molecule has 5 nitrogen and oxygen atoms in total. The number of rotatable bonds is 5. The second kappa shape index (κ2) is 6.23. The van der Waals surface area contributed by atoms with Crippen molar-refractivity contribution in [2.24, 2.45) is 5.18 Å². The maximum Gasteiger partial charge on any atom is 0.295 e. The van der Waals surface area contributed by atoms with Crippen molar-refractivity contribution in [1.82, 2.24) is 0 Å². The summed E-state index contributed by atoms with van der Waals surface area (Å²) in [7, 11) is -4.43. The fraction of sp³-hybridized carbons (Fsp3) is 0.600. The van der Waals surface area contributed by atoms with Crippen LogP contribution in [0.2, 0.25) is 0 Å². The van der Waals surface area contributed by atoms with E-state index in [1.54, 1.807) is 19.9 Å². The van der Waals surface area contributed by atoms with Crippen LogP contribution in [0.25, 0.3) is 0 Å². The summed E-state index contributed by atoms with van der Waals surface area (Å²) < 4.78 is 33.3. The van der Waals surface area contributed by atoms with E-state index in [0.29, 0.717) is 16.7 Å². The van der Waals surface area contributed by atoms with Gasteiger partial charge < -0.3 is 0 Å². The van der Waals surface area contributed by atoms with Gasteiger partial charge in [0.15, 0.2) is 0 Å². The zero-order valence-corrected chi connectivity index (χ0v) is 14.2. The molecule has 1 rings (SSSR count). The summed E-state index contributed by atoms with van der Waals surface area (Å²) in [4.78, 5) is 11.1.